The predicted octanol–water partition coefficient (Wildman–Crippen LogP) is 3.15. The molecule has 128 valence electrons. The average Bonchev–Trinajstić information content (AvgIpc) is 3.02. The molecule has 0 aliphatic carbocycles. The van der Waals surface area contributed by atoms with Gasteiger partial charge in [-0.25, -0.2) is 0 Å². The number of hydrogen-bond donors (Lipinski definition) is 2. The first-order chi connectivity index (χ1) is 11.8. The summed E-state index contributed by atoms with van der Waals surface area (Å²) in [6.45, 7) is 1.01. The molecule has 1 aromatic carbocycles. The Kier molecular flexibility index (Phi) is 4.89. The summed E-state index contributed by atoms with van der Waals surface area (Å²) >= 11 is 7.67. The van der Waals surface area contributed by atoms with Crippen LogP contribution in [0.3, 0.4) is 0 Å². The summed E-state index contributed by atoms with van der Waals surface area (Å²) in [6.07, 6.45) is 1.71. The highest BCUT2D eigenvalue weighted by Crippen LogP contribution is 2.35. The Morgan fingerprint density at radius 3 is 2.80 bits per heavy atom. The van der Waals surface area contributed by atoms with Crippen LogP contribution in [0.2, 0.25) is 0 Å². The van der Waals surface area contributed by atoms with Crippen LogP contribution in [0.25, 0.3) is 16.2 Å². The molecular weight excluding hydrogens is 380 g/mol. The second-order valence-electron chi connectivity index (χ2n) is 5.24. The van der Waals surface area contributed by atoms with Crippen LogP contribution >= 0.6 is 35.3 Å². The summed E-state index contributed by atoms with van der Waals surface area (Å²) in [7, 11) is 0. The number of nitrogens with zero attached hydrogens (tertiary/aromatic N) is 1. The van der Waals surface area contributed by atoms with Crippen molar-refractivity contribution in [2.24, 2.45) is 0 Å². The minimum absolute atomic E-state index is 0.142. The van der Waals surface area contributed by atoms with Crippen LogP contribution in [0.1, 0.15) is 11.8 Å². The minimum Gasteiger partial charge on any atom is -0.480 e. The van der Waals surface area contributed by atoms with Crippen molar-refractivity contribution in [1.29, 1.82) is 0 Å². The topological polar surface area (TPSA) is 86.7 Å². The van der Waals surface area contributed by atoms with Gasteiger partial charge in [-0.3, -0.25) is 19.3 Å². The number of anilines is 1. The first-order valence-electron chi connectivity index (χ1n) is 7.12. The van der Waals surface area contributed by atoms with Gasteiger partial charge < -0.3 is 10.4 Å². The molecule has 6 nitrogen and oxygen atoms in total. The molecule has 1 saturated heterocycles. The molecular formula is C16H12N2O4S3. The first kappa shape index (κ1) is 17.6. The standard InChI is InChI=1S/C16H12N2O4S3/c1-8(19)17-10-2-3-12-9(4-10)5-11(24-12)6-13-15(22)18(7-14(20)21)16(23)25-13/h2-6H,7H2,1H3,(H,17,19)(H,20,21)/b13-6+. The van der Waals surface area contributed by atoms with Crippen molar-refractivity contribution in [3.63, 3.8) is 0 Å². The number of nitrogens with one attached hydrogen (secondary N) is 1. The third-order valence-corrected chi connectivity index (χ3v) is 5.74. The van der Waals surface area contributed by atoms with Gasteiger partial charge in [0.1, 0.15) is 10.9 Å². The molecule has 1 aromatic heterocycles. The Labute approximate surface area is 156 Å². The molecule has 0 radical (unpaired) electrons. The zero-order valence-corrected chi connectivity index (χ0v) is 15.4. The van der Waals surface area contributed by atoms with Gasteiger partial charge in [-0.05, 0) is 35.7 Å². The number of carbonyl (C=O) groups excluding carboxylic acids is 2. The fourth-order valence-corrected chi connectivity index (χ4v) is 4.63. The number of carboxylic acids is 1. The first-order valence-corrected chi connectivity index (χ1v) is 9.16. The fraction of sp³-hybridized carbons (Fsp3) is 0.125. The van der Waals surface area contributed by atoms with Gasteiger partial charge in [0.25, 0.3) is 5.91 Å². The maximum Gasteiger partial charge on any atom is 0.323 e. The van der Waals surface area contributed by atoms with E-state index in [0.717, 1.165) is 31.6 Å². The summed E-state index contributed by atoms with van der Waals surface area (Å²) < 4.78 is 1.26. The normalized spacial score (nSPS) is 16.0. The molecule has 1 aliphatic rings. The molecule has 0 saturated carbocycles. The quantitative estimate of drug-likeness (QED) is 0.614. The fourth-order valence-electron chi connectivity index (χ4n) is 2.32. The summed E-state index contributed by atoms with van der Waals surface area (Å²) in [4.78, 5) is 36.6. The van der Waals surface area contributed by atoms with E-state index in [4.69, 9.17) is 17.3 Å². The van der Waals surface area contributed by atoms with Gasteiger partial charge in [0.2, 0.25) is 5.91 Å². The summed E-state index contributed by atoms with van der Waals surface area (Å²) in [5.41, 5.74) is 0.706. The highest BCUT2D eigenvalue weighted by Gasteiger charge is 2.33. The lowest BCUT2D eigenvalue weighted by atomic mass is 10.2. The van der Waals surface area contributed by atoms with E-state index in [9.17, 15) is 14.4 Å². The Morgan fingerprint density at radius 2 is 2.12 bits per heavy atom. The molecule has 0 unspecified atom stereocenters. The Hall–Kier alpha value is -2.23. The monoisotopic (exact) mass is 392 g/mol. The molecule has 2 heterocycles. The van der Waals surface area contributed by atoms with E-state index in [1.165, 1.54) is 18.3 Å². The highest BCUT2D eigenvalue weighted by molar-refractivity contribution is 8.26. The van der Waals surface area contributed by atoms with Gasteiger partial charge >= 0.3 is 5.97 Å². The summed E-state index contributed by atoms with van der Waals surface area (Å²) in [5.74, 6) is -1.64. The number of hydrogen-bond acceptors (Lipinski definition) is 6. The zero-order valence-electron chi connectivity index (χ0n) is 12.9. The van der Waals surface area contributed by atoms with Crippen LogP contribution in [0, 0.1) is 0 Å². The van der Waals surface area contributed by atoms with Crippen LogP contribution < -0.4 is 5.32 Å². The van der Waals surface area contributed by atoms with Gasteiger partial charge in [0.15, 0.2) is 0 Å². The van der Waals surface area contributed by atoms with E-state index >= 15 is 0 Å². The molecule has 9 heteroatoms. The van der Waals surface area contributed by atoms with Crippen LogP contribution in [-0.4, -0.2) is 38.7 Å². The van der Waals surface area contributed by atoms with Gasteiger partial charge in [0.05, 0.1) is 4.91 Å². The van der Waals surface area contributed by atoms with Crippen molar-refractivity contribution < 1.29 is 19.5 Å². The molecule has 0 atom stereocenters. The maximum atomic E-state index is 12.3. The molecule has 0 bridgehead atoms. The Morgan fingerprint density at radius 1 is 1.36 bits per heavy atom. The SMILES string of the molecule is CC(=O)Nc1ccc2sc(/C=C3/SC(=S)N(CC(=O)O)C3=O)cc2c1. The number of thiophene rings is 1. The van der Waals surface area contributed by atoms with E-state index in [-0.39, 0.29) is 10.2 Å². The second kappa shape index (κ2) is 6.95. The lowest BCUT2D eigenvalue weighted by Crippen LogP contribution is -2.33. The number of aliphatic carboxylic acids is 1. The number of amides is 2. The van der Waals surface area contributed by atoms with Crippen LogP contribution in [-0.2, 0) is 14.4 Å². The van der Waals surface area contributed by atoms with Crippen molar-refractivity contribution in [2.45, 2.75) is 6.92 Å². The van der Waals surface area contributed by atoms with Crippen molar-refractivity contribution >= 4 is 79.3 Å². The lowest BCUT2D eigenvalue weighted by Gasteiger charge is -2.09. The number of thioether (sulfide) groups is 1. The molecule has 2 N–H and O–H groups in total. The third kappa shape index (κ3) is 3.89. The number of carbonyl (C=O) groups is 3. The predicted molar refractivity (Wildman–Crippen MR) is 104 cm³/mol. The van der Waals surface area contributed by atoms with Crippen LogP contribution in [0.4, 0.5) is 5.69 Å². The number of thiocarbonyl (C=S) groups is 1. The molecule has 1 aliphatic heterocycles. The second-order valence-corrected chi connectivity index (χ2v) is 8.04. The third-order valence-electron chi connectivity index (χ3n) is 3.30. The van der Waals surface area contributed by atoms with E-state index in [0.29, 0.717) is 10.6 Å². The van der Waals surface area contributed by atoms with Crippen molar-refractivity contribution in [3.8, 4) is 0 Å². The largest absolute Gasteiger partial charge is 0.480 e. The van der Waals surface area contributed by atoms with Crippen molar-refractivity contribution in [3.05, 3.63) is 34.0 Å². The highest BCUT2D eigenvalue weighted by atomic mass is 32.2. The molecule has 1 fully saturated rings. The molecule has 2 aromatic rings. The number of rotatable bonds is 4. The van der Waals surface area contributed by atoms with E-state index in [1.807, 2.05) is 24.3 Å². The number of benzene rings is 1. The van der Waals surface area contributed by atoms with E-state index < -0.39 is 18.4 Å². The van der Waals surface area contributed by atoms with Crippen molar-refractivity contribution in [2.75, 3.05) is 11.9 Å². The Balaban J connectivity index is 1.88. The summed E-state index contributed by atoms with van der Waals surface area (Å²) in [6, 6.07) is 7.49. The minimum atomic E-state index is -1.11. The molecule has 3 rings (SSSR count). The van der Waals surface area contributed by atoms with Gasteiger partial charge in [-0.15, -0.1) is 11.3 Å². The zero-order chi connectivity index (χ0) is 18.1. The van der Waals surface area contributed by atoms with E-state index in [2.05, 4.69) is 5.32 Å². The van der Waals surface area contributed by atoms with E-state index in [1.54, 1.807) is 6.08 Å². The number of carboxylic acid groups (broad SMARTS) is 1. The summed E-state index contributed by atoms with van der Waals surface area (Å²) in [5, 5.41) is 12.5. The van der Waals surface area contributed by atoms with Gasteiger partial charge in [-0.1, -0.05) is 24.0 Å². The lowest BCUT2D eigenvalue weighted by molar-refractivity contribution is -0.140. The van der Waals surface area contributed by atoms with Gasteiger partial charge in [0, 0.05) is 22.2 Å². The number of fused-ring (bicyclic) bond motifs is 1. The average molecular weight is 392 g/mol. The maximum absolute atomic E-state index is 12.3. The molecule has 2 amide bonds. The van der Waals surface area contributed by atoms with Crippen LogP contribution in [0.15, 0.2) is 29.2 Å². The smallest absolute Gasteiger partial charge is 0.323 e. The van der Waals surface area contributed by atoms with Crippen LogP contribution in [0.5, 0.6) is 0 Å². The Bertz CT molecular complexity index is 948. The van der Waals surface area contributed by atoms with Gasteiger partial charge in [-0.2, -0.15) is 0 Å². The molecule has 0 spiro atoms. The molecule has 25 heavy (non-hydrogen) atoms. The van der Waals surface area contributed by atoms with Crippen molar-refractivity contribution in [1.82, 2.24) is 4.90 Å².